The average Bonchev–Trinajstić information content (AvgIpc) is 2.46. The molecular weight excluding hydrogens is 272 g/mol. The zero-order chi connectivity index (χ0) is 16.2. The Hall–Kier alpha value is -0.900. The number of rotatable bonds is 5. The van der Waals surface area contributed by atoms with Gasteiger partial charge >= 0.3 is 0 Å². The molecule has 1 saturated heterocycles. The minimum atomic E-state index is -0.373. The van der Waals surface area contributed by atoms with Crippen molar-refractivity contribution in [2.75, 3.05) is 39.3 Å². The van der Waals surface area contributed by atoms with Crippen molar-refractivity contribution >= 4 is 0 Å². The second kappa shape index (κ2) is 7.58. The van der Waals surface area contributed by atoms with Gasteiger partial charge in [-0.15, -0.1) is 0 Å². The van der Waals surface area contributed by atoms with Crippen LogP contribution in [-0.2, 0) is 0 Å². The smallest absolute Gasteiger partial charge is 0.0916 e. The van der Waals surface area contributed by atoms with Crippen LogP contribution >= 0.6 is 0 Å². The molecule has 3 nitrogen and oxygen atoms in total. The number of aryl methyl sites for hydroxylation is 1. The van der Waals surface area contributed by atoms with Crippen LogP contribution in [0.25, 0.3) is 0 Å². The van der Waals surface area contributed by atoms with Crippen LogP contribution in [0.5, 0.6) is 0 Å². The molecule has 0 radical (unpaired) electrons. The molecule has 1 aromatic rings. The summed E-state index contributed by atoms with van der Waals surface area (Å²) in [4.78, 5) is 4.94. The summed E-state index contributed by atoms with van der Waals surface area (Å²) < 4.78 is 0. The average molecular weight is 304 g/mol. The normalized spacial score (nSPS) is 19.3. The van der Waals surface area contributed by atoms with Gasteiger partial charge in [-0.25, -0.2) is 0 Å². The molecule has 0 bridgehead atoms. The molecule has 1 aliphatic rings. The molecule has 0 saturated carbocycles. The van der Waals surface area contributed by atoms with Crippen molar-refractivity contribution in [3.05, 3.63) is 35.4 Å². The van der Waals surface area contributed by atoms with Crippen molar-refractivity contribution in [3.63, 3.8) is 0 Å². The van der Waals surface area contributed by atoms with E-state index < -0.39 is 0 Å². The van der Waals surface area contributed by atoms with E-state index in [1.54, 1.807) is 0 Å². The SMILES string of the molecule is Cc1ccc(C(O)CN2CCN(CCC(C)(C)C)CC2)cc1. The Morgan fingerprint density at radius 2 is 1.55 bits per heavy atom. The van der Waals surface area contributed by atoms with Crippen molar-refractivity contribution in [3.8, 4) is 0 Å². The minimum Gasteiger partial charge on any atom is -0.387 e. The van der Waals surface area contributed by atoms with Gasteiger partial charge in [0.15, 0.2) is 0 Å². The molecule has 1 fully saturated rings. The van der Waals surface area contributed by atoms with Gasteiger partial charge in [-0.2, -0.15) is 0 Å². The number of hydrogen-bond donors (Lipinski definition) is 1. The number of aliphatic hydroxyl groups excluding tert-OH is 1. The lowest BCUT2D eigenvalue weighted by atomic mass is 9.92. The van der Waals surface area contributed by atoms with Gasteiger partial charge in [0, 0.05) is 32.7 Å². The van der Waals surface area contributed by atoms with Gasteiger partial charge in [0.2, 0.25) is 0 Å². The minimum absolute atomic E-state index is 0.373. The van der Waals surface area contributed by atoms with E-state index in [1.165, 1.54) is 18.5 Å². The topological polar surface area (TPSA) is 26.7 Å². The number of hydrogen-bond acceptors (Lipinski definition) is 3. The largest absolute Gasteiger partial charge is 0.387 e. The third-order valence-corrected chi connectivity index (χ3v) is 4.54. The number of β-amino-alcohol motifs (C(OH)–C–C–N with tert-alkyl or cyclic N) is 1. The highest BCUT2D eigenvalue weighted by molar-refractivity contribution is 5.23. The van der Waals surface area contributed by atoms with Crippen LogP contribution in [0, 0.1) is 12.3 Å². The zero-order valence-electron chi connectivity index (χ0n) is 14.7. The second-order valence-electron chi connectivity index (χ2n) is 7.88. The van der Waals surface area contributed by atoms with E-state index in [9.17, 15) is 5.11 Å². The lowest BCUT2D eigenvalue weighted by Gasteiger charge is -2.36. The summed E-state index contributed by atoms with van der Waals surface area (Å²) >= 11 is 0. The summed E-state index contributed by atoms with van der Waals surface area (Å²) in [5, 5.41) is 10.4. The molecule has 0 aliphatic carbocycles. The molecule has 1 atom stereocenters. The maximum atomic E-state index is 10.4. The first-order valence-electron chi connectivity index (χ1n) is 8.53. The van der Waals surface area contributed by atoms with Crippen LogP contribution in [-0.4, -0.2) is 54.2 Å². The number of nitrogens with zero attached hydrogens (tertiary/aromatic N) is 2. The van der Waals surface area contributed by atoms with Gasteiger partial charge in [-0.1, -0.05) is 50.6 Å². The molecular formula is C19H32N2O. The van der Waals surface area contributed by atoms with Crippen molar-refractivity contribution < 1.29 is 5.11 Å². The van der Waals surface area contributed by atoms with Crippen molar-refractivity contribution in [1.29, 1.82) is 0 Å². The van der Waals surface area contributed by atoms with Gasteiger partial charge in [0.25, 0.3) is 0 Å². The standard InChI is InChI=1S/C19H32N2O/c1-16-5-7-17(8-6-16)18(22)15-21-13-11-20(12-14-21)10-9-19(2,3)4/h5-8,18,22H,9-15H2,1-4H3. The van der Waals surface area contributed by atoms with E-state index in [2.05, 4.69) is 49.6 Å². The fourth-order valence-corrected chi connectivity index (χ4v) is 2.83. The highest BCUT2D eigenvalue weighted by atomic mass is 16.3. The monoisotopic (exact) mass is 304 g/mol. The molecule has 124 valence electrons. The van der Waals surface area contributed by atoms with E-state index in [0.717, 1.165) is 38.3 Å². The number of aliphatic hydroxyl groups is 1. The first-order chi connectivity index (χ1) is 10.3. The second-order valence-corrected chi connectivity index (χ2v) is 7.88. The fraction of sp³-hybridized carbons (Fsp3) is 0.684. The summed E-state index contributed by atoms with van der Waals surface area (Å²) in [5.74, 6) is 0. The van der Waals surface area contributed by atoms with Crippen LogP contribution in [0.15, 0.2) is 24.3 Å². The molecule has 0 aromatic heterocycles. The molecule has 0 spiro atoms. The fourth-order valence-electron chi connectivity index (χ4n) is 2.83. The third kappa shape index (κ3) is 5.71. The molecule has 1 aromatic carbocycles. The molecule has 1 heterocycles. The first kappa shape index (κ1) is 17.5. The number of piperazine rings is 1. The molecule has 0 amide bonds. The maximum absolute atomic E-state index is 10.4. The third-order valence-electron chi connectivity index (χ3n) is 4.54. The van der Waals surface area contributed by atoms with Crippen LogP contribution in [0.4, 0.5) is 0 Å². The van der Waals surface area contributed by atoms with Crippen LogP contribution < -0.4 is 0 Å². The van der Waals surface area contributed by atoms with Gasteiger partial charge in [-0.05, 0) is 30.9 Å². The van der Waals surface area contributed by atoms with Crippen LogP contribution in [0.3, 0.4) is 0 Å². The molecule has 1 unspecified atom stereocenters. The highest BCUT2D eigenvalue weighted by Gasteiger charge is 2.21. The predicted molar refractivity (Wildman–Crippen MR) is 93.1 cm³/mol. The van der Waals surface area contributed by atoms with Crippen LogP contribution in [0.2, 0.25) is 0 Å². The maximum Gasteiger partial charge on any atom is 0.0916 e. The van der Waals surface area contributed by atoms with E-state index in [-0.39, 0.29) is 6.10 Å². The van der Waals surface area contributed by atoms with Crippen LogP contribution in [0.1, 0.15) is 44.4 Å². The molecule has 2 rings (SSSR count). The summed E-state index contributed by atoms with van der Waals surface area (Å²) in [6, 6.07) is 8.23. The zero-order valence-corrected chi connectivity index (χ0v) is 14.7. The summed E-state index contributed by atoms with van der Waals surface area (Å²) in [7, 11) is 0. The van der Waals surface area contributed by atoms with Gasteiger partial charge in [0.1, 0.15) is 0 Å². The molecule has 3 heteroatoms. The van der Waals surface area contributed by atoms with E-state index >= 15 is 0 Å². The molecule has 1 aliphatic heterocycles. The van der Waals surface area contributed by atoms with E-state index in [0.29, 0.717) is 5.41 Å². The van der Waals surface area contributed by atoms with Crippen molar-refractivity contribution in [2.45, 2.75) is 40.2 Å². The lowest BCUT2D eigenvalue weighted by Crippen LogP contribution is -2.48. The summed E-state index contributed by atoms with van der Waals surface area (Å²) in [6.07, 6.45) is 0.876. The predicted octanol–water partition coefficient (Wildman–Crippen LogP) is 3.08. The van der Waals surface area contributed by atoms with Gasteiger partial charge < -0.3 is 10.0 Å². The van der Waals surface area contributed by atoms with Crippen molar-refractivity contribution in [2.24, 2.45) is 5.41 Å². The molecule has 22 heavy (non-hydrogen) atoms. The number of benzene rings is 1. The Bertz CT molecular complexity index is 441. The summed E-state index contributed by atoms with van der Waals surface area (Å²) in [6.45, 7) is 15.3. The van der Waals surface area contributed by atoms with E-state index in [4.69, 9.17) is 0 Å². The quantitative estimate of drug-likeness (QED) is 0.905. The van der Waals surface area contributed by atoms with E-state index in [1.807, 2.05) is 12.1 Å². The Labute approximate surface area is 135 Å². The van der Waals surface area contributed by atoms with Gasteiger partial charge in [-0.3, -0.25) is 4.90 Å². The van der Waals surface area contributed by atoms with Crippen molar-refractivity contribution in [1.82, 2.24) is 9.80 Å². The van der Waals surface area contributed by atoms with Gasteiger partial charge in [0.05, 0.1) is 6.10 Å². The Morgan fingerprint density at radius 3 is 2.09 bits per heavy atom. The summed E-state index contributed by atoms with van der Waals surface area (Å²) in [5.41, 5.74) is 2.68. The Balaban J connectivity index is 1.74. The first-order valence-corrected chi connectivity index (χ1v) is 8.53. The Morgan fingerprint density at radius 1 is 1.00 bits per heavy atom. The lowest BCUT2D eigenvalue weighted by molar-refractivity contribution is 0.0689. The Kier molecular flexibility index (Phi) is 6.01. The molecule has 1 N–H and O–H groups in total. The highest BCUT2D eigenvalue weighted by Crippen LogP contribution is 2.20.